The first kappa shape index (κ1) is 13.0. The molecule has 0 saturated carbocycles. The minimum atomic E-state index is -1.21. The second-order valence-corrected chi connectivity index (χ2v) is 5.26. The van der Waals surface area contributed by atoms with Crippen LogP contribution in [0.1, 0.15) is 15.2 Å². The lowest BCUT2D eigenvalue weighted by molar-refractivity contribution is 0.0697. The molecule has 0 aliphatic carbocycles. The first-order chi connectivity index (χ1) is 8.58. The number of carboxylic acids is 1. The molecule has 0 aliphatic rings. The molecule has 0 aliphatic heterocycles. The van der Waals surface area contributed by atoms with E-state index in [0.717, 1.165) is 21.6 Å². The van der Waals surface area contributed by atoms with E-state index < -0.39 is 11.8 Å². The zero-order valence-electron chi connectivity index (χ0n) is 8.98. The highest BCUT2D eigenvalue weighted by Crippen LogP contribution is 2.24. The van der Waals surface area contributed by atoms with Gasteiger partial charge in [-0.2, -0.15) is 0 Å². The van der Waals surface area contributed by atoms with Crippen molar-refractivity contribution in [3.63, 3.8) is 0 Å². The highest BCUT2D eigenvalue weighted by Gasteiger charge is 2.13. The second kappa shape index (κ2) is 5.45. The Morgan fingerprint density at radius 1 is 1.61 bits per heavy atom. The Bertz CT molecular complexity index is 588. The molecule has 2 aromatic rings. The van der Waals surface area contributed by atoms with Crippen molar-refractivity contribution >= 4 is 39.1 Å². The van der Waals surface area contributed by atoms with Crippen molar-refractivity contribution < 1.29 is 14.3 Å². The van der Waals surface area contributed by atoms with Crippen molar-refractivity contribution in [2.24, 2.45) is 0 Å². The molecular formula is C11H8BrFN2O2S. The summed E-state index contributed by atoms with van der Waals surface area (Å²) in [6, 6.07) is 2.85. The lowest BCUT2D eigenvalue weighted by atomic mass is 10.2. The van der Waals surface area contributed by atoms with Crippen LogP contribution in [0.5, 0.6) is 0 Å². The Hall–Kier alpha value is -1.47. The largest absolute Gasteiger partial charge is 0.478 e. The van der Waals surface area contributed by atoms with Crippen LogP contribution in [-0.4, -0.2) is 16.1 Å². The Morgan fingerprint density at radius 3 is 3.00 bits per heavy atom. The minimum Gasteiger partial charge on any atom is -0.478 e. The molecule has 0 amide bonds. The van der Waals surface area contributed by atoms with E-state index in [-0.39, 0.29) is 11.4 Å². The number of hydrogen-bond donors (Lipinski definition) is 2. The summed E-state index contributed by atoms with van der Waals surface area (Å²) in [5.41, 5.74) is -0.178. The van der Waals surface area contributed by atoms with Gasteiger partial charge in [-0.15, -0.1) is 11.3 Å². The van der Waals surface area contributed by atoms with Gasteiger partial charge in [0.25, 0.3) is 0 Å². The zero-order chi connectivity index (χ0) is 13.1. The number of nitrogens with one attached hydrogen (secondary N) is 1. The number of rotatable bonds is 4. The normalized spacial score (nSPS) is 10.3. The first-order valence-corrected chi connectivity index (χ1v) is 6.60. The number of pyridine rings is 1. The van der Waals surface area contributed by atoms with Crippen molar-refractivity contribution in [2.75, 3.05) is 5.32 Å². The molecule has 0 radical (unpaired) electrons. The molecule has 4 nitrogen and oxygen atoms in total. The number of carboxylic acid groups (broad SMARTS) is 1. The minimum absolute atomic E-state index is 0.157. The Labute approximate surface area is 115 Å². The summed E-state index contributed by atoms with van der Waals surface area (Å²) in [4.78, 5) is 15.7. The van der Waals surface area contributed by atoms with Crippen LogP contribution in [0.2, 0.25) is 0 Å². The first-order valence-electron chi connectivity index (χ1n) is 4.92. The predicted octanol–water partition coefficient (Wildman–Crippen LogP) is 3.36. The number of carbonyl (C=O) groups is 1. The van der Waals surface area contributed by atoms with Crippen molar-refractivity contribution in [3.8, 4) is 0 Å². The lowest BCUT2D eigenvalue weighted by Crippen LogP contribution is -2.08. The van der Waals surface area contributed by atoms with E-state index >= 15 is 0 Å². The molecule has 0 unspecified atom stereocenters. The number of thiophene rings is 1. The van der Waals surface area contributed by atoms with Gasteiger partial charge in [0.2, 0.25) is 0 Å². The highest BCUT2D eigenvalue weighted by atomic mass is 79.9. The van der Waals surface area contributed by atoms with Gasteiger partial charge in [0.1, 0.15) is 17.2 Å². The fourth-order valence-electron chi connectivity index (χ4n) is 1.36. The topological polar surface area (TPSA) is 62.2 Å². The van der Waals surface area contributed by atoms with E-state index in [4.69, 9.17) is 5.11 Å². The number of halogens is 2. The van der Waals surface area contributed by atoms with Crippen molar-refractivity contribution in [1.82, 2.24) is 4.98 Å². The number of nitrogens with zero attached hydrogens (tertiary/aromatic N) is 1. The fourth-order valence-corrected chi connectivity index (χ4v) is 2.79. The number of hydrogen-bond acceptors (Lipinski definition) is 4. The van der Waals surface area contributed by atoms with Gasteiger partial charge in [-0.25, -0.2) is 14.2 Å². The summed E-state index contributed by atoms with van der Waals surface area (Å²) in [5, 5.41) is 13.7. The molecule has 7 heteroatoms. The van der Waals surface area contributed by atoms with Crippen LogP contribution in [0.15, 0.2) is 28.2 Å². The standard InChI is InChI=1S/C11H8BrFN2O2S/c12-8-1-2-18-9(8)5-15-10-7(11(16)17)3-6(13)4-14-10/h1-4H,5H2,(H,14,15)(H,16,17). The van der Waals surface area contributed by atoms with Crippen molar-refractivity contribution in [2.45, 2.75) is 6.54 Å². The van der Waals surface area contributed by atoms with E-state index in [2.05, 4.69) is 26.2 Å². The SMILES string of the molecule is O=C(O)c1cc(F)cnc1NCc1sccc1Br. The smallest absolute Gasteiger partial charge is 0.339 e. The molecule has 0 atom stereocenters. The summed E-state index contributed by atoms with van der Waals surface area (Å²) in [7, 11) is 0. The molecule has 0 fully saturated rings. The molecule has 0 bridgehead atoms. The summed E-state index contributed by atoms with van der Waals surface area (Å²) in [6.07, 6.45) is 0.984. The average Bonchev–Trinajstić information content (AvgIpc) is 2.73. The lowest BCUT2D eigenvalue weighted by Gasteiger charge is -2.07. The van der Waals surface area contributed by atoms with Crippen LogP contribution in [0.25, 0.3) is 0 Å². The van der Waals surface area contributed by atoms with Crippen molar-refractivity contribution in [3.05, 3.63) is 44.4 Å². The van der Waals surface area contributed by atoms with Gasteiger partial charge >= 0.3 is 5.97 Å². The molecule has 2 N–H and O–H groups in total. The van der Waals surface area contributed by atoms with Gasteiger partial charge < -0.3 is 10.4 Å². The molecule has 18 heavy (non-hydrogen) atoms. The van der Waals surface area contributed by atoms with Crippen LogP contribution in [0, 0.1) is 5.82 Å². The maximum Gasteiger partial charge on any atom is 0.339 e. The third-order valence-corrected chi connectivity index (χ3v) is 4.12. The summed E-state index contributed by atoms with van der Waals surface area (Å²) in [6.45, 7) is 0.428. The quantitative estimate of drug-likeness (QED) is 0.902. The molecule has 2 heterocycles. The molecule has 94 valence electrons. The summed E-state index contributed by atoms with van der Waals surface area (Å²) >= 11 is 4.90. The zero-order valence-corrected chi connectivity index (χ0v) is 11.4. The van der Waals surface area contributed by atoms with Crippen LogP contribution in [0.3, 0.4) is 0 Å². The monoisotopic (exact) mass is 330 g/mol. The van der Waals surface area contributed by atoms with E-state index in [9.17, 15) is 9.18 Å². The van der Waals surface area contributed by atoms with E-state index in [0.29, 0.717) is 6.54 Å². The van der Waals surface area contributed by atoms with Gasteiger partial charge in [-0.05, 0) is 33.4 Å². The number of anilines is 1. The van der Waals surface area contributed by atoms with Gasteiger partial charge in [-0.3, -0.25) is 0 Å². The maximum atomic E-state index is 12.9. The van der Waals surface area contributed by atoms with Gasteiger partial charge in [-0.1, -0.05) is 0 Å². The Morgan fingerprint density at radius 2 is 2.39 bits per heavy atom. The van der Waals surface area contributed by atoms with E-state index in [1.54, 1.807) is 0 Å². The summed E-state index contributed by atoms with van der Waals surface area (Å²) < 4.78 is 13.9. The van der Waals surface area contributed by atoms with Crippen LogP contribution < -0.4 is 5.32 Å². The maximum absolute atomic E-state index is 12.9. The van der Waals surface area contributed by atoms with Crippen LogP contribution in [-0.2, 0) is 6.54 Å². The highest BCUT2D eigenvalue weighted by molar-refractivity contribution is 9.10. The number of aromatic carboxylic acids is 1. The van der Waals surface area contributed by atoms with E-state index in [1.807, 2.05) is 11.4 Å². The third kappa shape index (κ3) is 2.85. The van der Waals surface area contributed by atoms with Gasteiger partial charge in [0, 0.05) is 9.35 Å². The van der Waals surface area contributed by atoms with Crippen molar-refractivity contribution in [1.29, 1.82) is 0 Å². The molecule has 0 saturated heterocycles. The Kier molecular flexibility index (Phi) is 3.93. The second-order valence-electron chi connectivity index (χ2n) is 3.40. The molecule has 0 spiro atoms. The van der Waals surface area contributed by atoms with Gasteiger partial charge in [0.05, 0.1) is 12.7 Å². The van der Waals surface area contributed by atoms with Crippen LogP contribution in [0.4, 0.5) is 10.2 Å². The molecule has 2 aromatic heterocycles. The van der Waals surface area contributed by atoms with Crippen LogP contribution >= 0.6 is 27.3 Å². The predicted molar refractivity (Wildman–Crippen MR) is 70.5 cm³/mol. The third-order valence-electron chi connectivity index (χ3n) is 2.19. The number of aromatic nitrogens is 1. The average molecular weight is 331 g/mol. The molecular weight excluding hydrogens is 323 g/mol. The summed E-state index contributed by atoms with van der Waals surface area (Å²) in [5.74, 6) is -1.73. The molecule has 2 rings (SSSR count). The van der Waals surface area contributed by atoms with E-state index in [1.165, 1.54) is 11.3 Å². The molecule has 0 aromatic carbocycles. The fraction of sp³-hybridized carbons (Fsp3) is 0.0909. The van der Waals surface area contributed by atoms with Gasteiger partial charge in [0.15, 0.2) is 0 Å². The Balaban J connectivity index is 2.19.